The summed E-state index contributed by atoms with van der Waals surface area (Å²) in [6, 6.07) is 1.27. The molecule has 0 spiro atoms. The van der Waals surface area contributed by atoms with Crippen molar-refractivity contribution in [3.63, 3.8) is 0 Å². The first-order valence-electron chi connectivity index (χ1n) is 8.64. The first kappa shape index (κ1) is 17.2. The summed E-state index contributed by atoms with van der Waals surface area (Å²) >= 11 is 0. The lowest BCUT2D eigenvalue weighted by Crippen LogP contribution is -2.48. The minimum Gasteiger partial charge on any atom is -0.383 e. The van der Waals surface area contributed by atoms with Crippen molar-refractivity contribution < 1.29 is 9.47 Å². The second-order valence-electron chi connectivity index (χ2n) is 7.13. The zero-order chi connectivity index (χ0) is 15.1. The van der Waals surface area contributed by atoms with Gasteiger partial charge < -0.3 is 14.8 Å². The fourth-order valence-corrected chi connectivity index (χ4v) is 3.61. The highest BCUT2D eigenvalue weighted by molar-refractivity contribution is 4.93. The Labute approximate surface area is 130 Å². The first-order chi connectivity index (χ1) is 10.2. The van der Waals surface area contributed by atoms with Crippen molar-refractivity contribution in [3.8, 4) is 0 Å². The second-order valence-corrected chi connectivity index (χ2v) is 7.13. The van der Waals surface area contributed by atoms with Gasteiger partial charge in [0.05, 0.1) is 13.2 Å². The van der Waals surface area contributed by atoms with Crippen LogP contribution in [-0.2, 0) is 9.47 Å². The van der Waals surface area contributed by atoms with Crippen LogP contribution in [0.5, 0.6) is 0 Å². The molecule has 2 saturated carbocycles. The van der Waals surface area contributed by atoms with Crippen LogP contribution in [0.1, 0.15) is 45.4 Å². The number of nitrogens with zero attached hydrogens (tertiary/aromatic N) is 1. The maximum Gasteiger partial charge on any atom is 0.0615 e. The molecular formula is C17H34N2O2. The maximum absolute atomic E-state index is 5.37. The Morgan fingerprint density at radius 2 is 1.90 bits per heavy atom. The highest BCUT2D eigenvalue weighted by Gasteiger charge is 2.37. The third kappa shape index (κ3) is 5.51. The number of hydrogen-bond donors (Lipinski definition) is 1. The van der Waals surface area contributed by atoms with Gasteiger partial charge in [-0.2, -0.15) is 0 Å². The summed E-state index contributed by atoms with van der Waals surface area (Å²) < 4.78 is 10.7. The lowest BCUT2D eigenvalue weighted by molar-refractivity contribution is 0.0437. The van der Waals surface area contributed by atoms with Crippen LogP contribution in [0.15, 0.2) is 0 Å². The fourth-order valence-electron chi connectivity index (χ4n) is 3.61. The molecule has 2 aliphatic rings. The predicted octanol–water partition coefficient (Wildman–Crippen LogP) is 2.28. The number of rotatable bonds is 11. The van der Waals surface area contributed by atoms with Crippen LogP contribution in [0.2, 0.25) is 0 Å². The molecule has 2 aliphatic carbocycles. The lowest BCUT2D eigenvalue weighted by Gasteiger charge is -2.38. The average Bonchev–Trinajstić information content (AvgIpc) is 3.21. The number of ether oxygens (including phenoxy) is 2. The molecule has 2 fully saturated rings. The molecule has 4 heteroatoms. The molecule has 1 unspecified atom stereocenters. The monoisotopic (exact) mass is 298 g/mol. The van der Waals surface area contributed by atoms with Crippen LogP contribution >= 0.6 is 0 Å². The Morgan fingerprint density at radius 3 is 2.48 bits per heavy atom. The third-order valence-corrected chi connectivity index (χ3v) is 5.16. The standard InChI is InChI=1S/C17H34N2O2/c1-15(12-21-3)19(10-11-20-2)14-17(8-4-5-9-17)13-18-16-6-7-16/h15-16,18H,4-14H2,1-3H3. The van der Waals surface area contributed by atoms with E-state index in [2.05, 4.69) is 17.1 Å². The van der Waals surface area contributed by atoms with Crippen molar-refractivity contribution in [2.75, 3.05) is 47.1 Å². The molecule has 1 N–H and O–H groups in total. The van der Waals surface area contributed by atoms with Crippen LogP contribution in [0.3, 0.4) is 0 Å². The number of hydrogen-bond acceptors (Lipinski definition) is 4. The van der Waals surface area contributed by atoms with Crippen LogP contribution in [-0.4, -0.2) is 64.1 Å². The molecule has 0 amide bonds. The summed E-state index contributed by atoms with van der Waals surface area (Å²) in [6.07, 6.45) is 8.28. The van der Waals surface area contributed by atoms with E-state index in [4.69, 9.17) is 9.47 Å². The summed E-state index contributed by atoms with van der Waals surface area (Å²) in [5.74, 6) is 0. The van der Waals surface area contributed by atoms with Gasteiger partial charge in [0.25, 0.3) is 0 Å². The largest absolute Gasteiger partial charge is 0.383 e. The van der Waals surface area contributed by atoms with Gasteiger partial charge in [-0.05, 0) is 38.0 Å². The summed E-state index contributed by atoms with van der Waals surface area (Å²) in [6.45, 7) is 7.26. The molecule has 1 atom stereocenters. The maximum atomic E-state index is 5.37. The summed E-state index contributed by atoms with van der Waals surface area (Å²) in [7, 11) is 3.59. The van der Waals surface area contributed by atoms with Gasteiger partial charge >= 0.3 is 0 Å². The smallest absolute Gasteiger partial charge is 0.0615 e. The number of methoxy groups -OCH3 is 2. The van der Waals surface area contributed by atoms with Gasteiger partial charge in [-0.15, -0.1) is 0 Å². The summed E-state index contributed by atoms with van der Waals surface area (Å²) in [4.78, 5) is 2.58. The minimum absolute atomic E-state index is 0.462. The normalized spacial score (nSPS) is 22.9. The molecule has 0 bridgehead atoms. The SMILES string of the molecule is COCCN(CC1(CNC2CC2)CCCC1)C(C)COC. The van der Waals surface area contributed by atoms with Crippen LogP contribution < -0.4 is 5.32 Å². The Morgan fingerprint density at radius 1 is 1.19 bits per heavy atom. The second kappa shape index (κ2) is 8.47. The van der Waals surface area contributed by atoms with Crippen LogP contribution in [0.25, 0.3) is 0 Å². The number of nitrogens with one attached hydrogen (secondary N) is 1. The molecule has 0 heterocycles. The molecular weight excluding hydrogens is 264 g/mol. The van der Waals surface area contributed by atoms with E-state index in [-0.39, 0.29) is 0 Å². The van der Waals surface area contributed by atoms with Gasteiger partial charge in [-0.1, -0.05) is 12.8 Å². The van der Waals surface area contributed by atoms with E-state index in [1.165, 1.54) is 51.6 Å². The molecule has 21 heavy (non-hydrogen) atoms. The van der Waals surface area contributed by atoms with Gasteiger partial charge in [0.15, 0.2) is 0 Å². The Hall–Kier alpha value is -0.160. The molecule has 0 aliphatic heterocycles. The van der Waals surface area contributed by atoms with Crippen molar-refractivity contribution in [1.29, 1.82) is 0 Å². The van der Waals surface area contributed by atoms with Gasteiger partial charge in [-0.3, -0.25) is 4.90 Å². The van der Waals surface area contributed by atoms with E-state index < -0.39 is 0 Å². The van der Waals surface area contributed by atoms with E-state index in [9.17, 15) is 0 Å². The van der Waals surface area contributed by atoms with Gasteiger partial charge in [0, 0.05) is 45.9 Å². The molecule has 0 radical (unpaired) electrons. The zero-order valence-electron chi connectivity index (χ0n) is 14.2. The van der Waals surface area contributed by atoms with Crippen LogP contribution in [0, 0.1) is 5.41 Å². The minimum atomic E-state index is 0.462. The fraction of sp³-hybridized carbons (Fsp3) is 1.00. The zero-order valence-corrected chi connectivity index (χ0v) is 14.2. The summed E-state index contributed by atoms with van der Waals surface area (Å²) in [5, 5.41) is 3.78. The van der Waals surface area contributed by atoms with Crippen molar-refractivity contribution in [2.45, 2.75) is 57.5 Å². The van der Waals surface area contributed by atoms with E-state index in [0.717, 1.165) is 25.8 Å². The molecule has 124 valence electrons. The molecule has 4 nitrogen and oxygen atoms in total. The molecule has 0 saturated heterocycles. The molecule has 2 rings (SSSR count). The molecule has 0 aromatic carbocycles. The van der Waals surface area contributed by atoms with Gasteiger partial charge in [-0.25, -0.2) is 0 Å². The average molecular weight is 298 g/mol. The topological polar surface area (TPSA) is 33.7 Å². The third-order valence-electron chi connectivity index (χ3n) is 5.16. The van der Waals surface area contributed by atoms with E-state index in [1.54, 1.807) is 14.2 Å². The highest BCUT2D eigenvalue weighted by Crippen LogP contribution is 2.39. The predicted molar refractivity (Wildman–Crippen MR) is 86.7 cm³/mol. The van der Waals surface area contributed by atoms with Crippen LogP contribution in [0.4, 0.5) is 0 Å². The summed E-state index contributed by atoms with van der Waals surface area (Å²) in [5.41, 5.74) is 0.471. The quantitative estimate of drug-likeness (QED) is 0.634. The van der Waals surface area contributed by atoms with E-state index in [0.29, 0.717) is 11.5 Å². The first-order valence-corrected chi connectivity index (χ1v) is 8.64. The van der Waals surface area contributed by atoms with E-state index >= 15 is 0 Å². The highest BCUT2D eigenvalue weighted by atomic mass is 16.5. The van der Waals surface area contributed by atoms with Crippen molar-refractivity contribution in [2.24, 2.45) is 5.41 Å². The Kier molecular flexibility index (Phi) is 6.93. The van der Waals surface area contributed by atoms with E-state index in [1.807, 2.05) is 0 Å². The molecule has 0 aromatic heterocycles. The van der Waals surface area contributed by atoms with Gasteiger partial charge in [0.2, 0.25) is 0 Å². The Bertz CT molecular complexity index is 289. The lowest BCUT2D eigenvalue weighted by atomic mass is 9.85. The van der Waals surface area contributed by atoms with Gasteiger partial charge in [0.1, 0.15) is 0 Å². The Balaban J connectivity index is 1.92. The van der Waals surface area contributed by atoms with Crippen molar-refractivity contribution >= 4 is 0 Å². The van der Waals surface area contributed by atoms with Crippen molar-refractivity contribution in [1.82, 2.24) is 10.2 Å². The molecule has 0 aromatic rings. The van der Waals surface area contributed by atoms with Crippen molar-refractivity contribution in [3.05, 3.63) is 0 Å².